The molecular weight excluding hydrogens is 721 g/mol. The number of rotatable bonds is 47. The fourth-order valence-corrected chi connectivity index (χ4v) is 7.86. The molecule has 0 aliphatic carbocycles. The van der Waals surface area contributed by atoms with E-state index in [1.165, 1.54) is 186 Å². The van der Waals surface area contributed by atoms with Crippen LogP contribution in [0, 0.1) is 5.92 Å². The van der Waals surface area contributed by atoms with Gasteiger partial charge in [-0.05, 0) is 25.2 Å². The Balaban J connectivity index is 4.29. The van der Waals surface area contributed by atoms with Crippen molar-refractivity contribution >= 4 is 17.9 Å². The Morgan fingerprint density at radius 3 is 0.845 bits per heavy atom. The van der Waals surface area contributed by atoms with Crippen molar-refractivity contribution in [2.75, 3.05) is 13.2 Å². The number of hydrogen-bond acceptors (Lipinski definition) is 6. The van der Waals surface area contributed by atoms with Gasteiger partial charge in [0, 0.05) is 19.3 Å². The van der Waals surface area contributed by atoms with Crippen molar-refractivity contribution in [1.29, 1.82) is 0 Å². The number of unbranched alkanes of at least 4 members (excludes halogenated alkanes) is 34. The van der Waals surface area contributed by atoms with Gasteiger partial charge in [0.1, 0.15) is 13.2 Å². The van der Waals surface area contributed by atoms with Crippen molar-refractivity contribution in [2.24, 2.45) is 5.92 Å². The second-order valence-corrected chi connectivity index (χ2v) is 18.3. The molecule has 58 heavy (non-hydrogen) atoms. The first-order chi connectivity index (χ1) is 28.4. The molecule has 0 N–H and O–H groups in total. The highest BCUT2D eigenvalue weighted by Gasteiger charge is 2.19. The minimum absolute atomic E-state index is 0.0630. The molecule has 1 atom stereocenters. The van der Waals surface area contributed by atoms with Crippen LogP contribution in [0.4, 0.5) is 0 Å². The fraction of sp³-hybridized carbons (Fsp3) is 0.942. The molecule has 0 fully saturated rings. The summed E-state index contributed by atoms with van der Waals surface area (Å²) in [6, 6.07) is 0. The molecule has 0 aliphatic rings. The van der Waals surface area contributed by atoms with Crippen LogP contribution in [0.5, 0.6) is 0 Å². The second-order valence-electron chi connectivity index (χ2n) is 18.3. The molecule has 0 radical (unpaired) electrons. The van der Waals surface area contributed by atoms with Crippen molar-refractivity contribution < 1.29 is 28.6 Å². The Kier molecular flexibility index (Phi) is 45.2. The van der Waals surface area contributed by atoms with E-state index in [1.54, 1.807) is 0 Å². The molecule has 0 aromatic rings. The van der Waals surface area contributed by atoms with Gasteiger partial charge in [0.05, 0.1) is 0 Å². The van der Waals surface area contributed by atoms with Gasteiger partial charge in [0.2, 0.25) is 0 Å². The highest BCUT2D eigenvalue weighted by atomic mass is 16.6. The maximum absolute atomic E-state index is 12.8. The molecule has 0 bridgehead atoms. The molecule has 0 aromatic carbocycles. The van der Waals surface area contributed by atoms with E-state index in [9.17, 15) is 14.4 Å². The Hall–Kier alpha value is -1.59. The smallest absolute Gasteiger partial charge is 0.306 e. The van der Waals surface area contributed by atoms with E-state index in [0.717, 1.165) is 63.7 Å². The van der Waals surface area contributed by atoms with Gasteiger partial charge < -0.3 is 14.2 Å². The molecule has 0 heterocycles. The molecule has 0 spiro atoms. The van der Waals surface area contributed by atoms with Crippen LogP contribution in [0.15, 0.2) is 0 Å². The predicted molar refractivity (Wildman–Crippen MR) is 247 cm³/mol. The fourth-order valence-electron chi connectivity index (χ4n) is 7.86. The number of ether oxygens (including phenoxy) is 3. The molecule has 344 valence electrons. The zero-order chi connectivity index (χ0) is 42.4. The summed E-state index contributed by atoms with van der Waals surface area (Å²) in [5, 5.41) is 0. The van der Waals surface area contributed by atoms with Crippen LogP contribution < -0.4 is 0 Å². The summed E-state index contributed by atoms with van der Waals surface area (Å²) in [6.45, 7) is 8.99. The van der Waals surface area contributed by atoms with E-state index in [1.807, 2.05) is 0 Å². The van der Waals surface area contributed by atoms with Gasteiger partial charge in [0.25, 0.3) is 0 Å². The lowest BCUT2D eigenvalue weighted by Gasteiger charge is -2.18. The lowest BCUT2D eigenvalue weighted by molar-refractivity contribution is -0.167. The maximum Gasteiger partial charge on any atom is 0.306 e. The van der Waals surface area contributed by atoms with Crippen LogP contribution >= 0.6 is 0 Å². The molecule has 0 amide bonds. The minimum atomic E-state index is -0.760. The summed E-state index contributed by atoms with van der Waals surface area (Å²) in [5.74, 6) is -0.0495. The van der Waals surface area contributed by atoms with E-state index >= 15 is 0 Å². The second kappa shape index (κ2) is 46.5. The molecule has 0 saturated carbocycles. The first-order valence-electron chi connectivity index (χ1n) is 25.9. The van der Waals surface area contributed by atoms with Gasteiger partial charge in [-0.3, -0.25) is 14.4 Å². The lowest BCUT2D eigenvalue weighted by atomic mass is 10.0. The number of hydrogen-bond donors (Lipinski definition) is 0. The average Bonchev–Trinajstić information content (AvgIpc) is 3.21. The van der Waals surface area contributed by atoms with Gasteiger partial charge in [-0.15, -0.1) is 0 Å². The molecule has 0 aromatic heterocycles. The third kappa shape index (κ3) is 45.5. The van der Waals surface area contributed by atoms with Crippen LogP contribution in [0.25, 0.3) is 0 Å². The summed E-state index contributed by atoms with van der Waals surface area (Å²) in [5.41, 5.74) is 0. The van der Waals surface area contributed by atoms with E-state index in [0.29, 0.717) is 19.3 Å². The minimum Gasteiger partial charge on any atom is -0.462 e. The molecule has 0 saturated heterocycles. The first-order valence-corrected chi connectivity index (χ1v) is 25.9. The zero-order valence-corrected chi connectivity index (χ0v) is 39.5. The Labute approximate surface area is 361 Å². The quantitative estimate of drug-likeness (QED) is 0.0346. The van der Waals surface area contributed by atoms with Crippen LogP contribution in [-0.2, 0) is 28.6 Å². The standard InChI is InChI=1S/C52H100O6/c1-5-7-9-11-13-15-17-19-20-21-23-24-26-31-35-39-43-50(53)56-46-49(47-57-51(54)44-40-36-32-29-28-30-34-38-42-48(3)4)58-52(55)45-41-37-33-27-25-22-18-16-14-12-10-8-6-2/h48-49H,5-47H2,1-4H3/t49-/m1/s1. The topological polar surface area (TPSA) is 78.9 Å². The van der Waals surface area contributed by atoms with Crippen molar-refractivity contribution in [3.8, 4) is 0 Å². The monoisotopic (exact) mass is 821 g/mol. The Bertz CT molecular complexity index is 872. The number of carbonyl (C=O) groups excluding carboxylic acids is 3. The number of carbonyl (C=O) groups is 3. The summed E-state index contributed by atoms with van der Waals surface area (Å²) in [4.78, 5) is 37.9. The highest BCUT2D eigenvalue weighted by molar-refractivity contribution is 5.71. The summed E-state index contributed by atoms with van der Waals surface area (Å²) in [7, 11) is 0. The zero-order valence-electron chi connectivity index (χ0n) is 39.5. The Morgan fingerprint density at radius 2 is 0.569 bits per heavy atom. The molecule has 0 rings (SSSR count). The maximum atomic E-state index is 12.8. The van der Waals surface area contributed by atoms with Crippen molar-refractivity contribution in [2.45, 2.75) is 297 Å². The van der Waals surface area contributed by atoms with Crippen LogP contribution in [0.3, 0.4) is 0 Å². The molecule has 0 unspecified atom stereocenters. The van der Waals surface area contributed by atoms with Crippen LogP contribution in [0.1, 0.15) is 291 Å². The van der Waals surface area contributed by atoms with E-state index in [4.69, 9.17) is 14.2 Å². The number of esters is 3. The van der Waals surface area contributed by atoms with E-state index in [-0.39, 0.29) is 31.1 Å². The average molecular weight is 821 g/mol. The van der Waals surface area contributed by atoms with Crippen molar-refractivity contribution in [1.82, 2.24) is 0 Å². The van der Waals surface area contributed by atoms with Gasteiger partial charge in [-0.25, -0.2) is 0 Å². The van der Waals surface area contributed by atoms with Gasteiger partial charge in [-0.2, -0.15) is 0 Å². The predicted octanol–water partition coefficient (Wildman–Crippen LogP) is 16.7. The molecule has 0 aliphatic heterocycles. The SMILES string of the molecule is CCCCCCCCCCCCCCCCCCC(=O)OC[C@H](COC(=O)CCCCCCCCCCC(C)C)OC(=O)CCCCCCCCCCCCCCC. The first kappa shape index (κ1) is 56.4. The third-order valence-electron chi connectivity index (χ3n) is 11.8. The van der Waals surface area contributed by atoms with Crippen molar-refractivity contribution in [3.05, 3.63) is 0 Å². The van der Waals surface area contributed by atoms with Gasteiger partial charge >= 0.3 is 17.9 Å². The van der Waals surface area contributed by atoms with E-state index < -0.39 is 6.10 Å². The third-order valence-corrected chi connectivity index (χ3v) is 11.8. The van der Waals surface area contributed by atoms with Crippen molar-refractivity contribution in [3.63, 3.8) is 0 Å². The summed E-state index contributed by atoms with van der Waals surface area (Å²) < 4.78 is 16.8. The van der Waals surface area contributed by atoms with Crippen LogP contribution in [0.2, 0.25) is 0 Å². The molecule has 6 nitrogen and oxygen atoms in total. The lowest BCUT2D eigenvalue weighted by Crippen LogP contribution is -2.30. The summed E-state index contributed by atoms with van der Waals surface area (Å²) in [6.07, 6.45) is 48.0. The Morgan fingerprint density at radius 1 is 0.328 bits per heavy atom. The van der Waals surface area contributed by atoms with Crippen LogP contribution in [-0.4, -0.2) is 37.2 Å². The van der Waals surface area contributed by atoms with Gasteiger partial charge in [-0.1, -0.05) is 252 Å². The largest absolute Gasteiger partial charge is 0.462 e. The molecule has 6 heteroatoms. The highest BCUT2D eigenvalue weighted by Crippen LogP contribution is 2.17. The summed E-state index contributed by atoms with van der Waals surface area (Å²) >= 11 is 0. The van der Waals surface area contributed by atoms with Gasteiger partial charge in [0.15, 0.2) is 6.10 Å². The molecular formula is C52H100O6. The van der Waals surface area contributed by atoms with E-state index in [2.05, 4.69) is 27.7 Å². The normalized spacial score (nSPS) is 11.9.